The molecule has 2 heterocycles. The minimum absolute atomic E-state index is 0.560. The van der Waals surface area contributed by atoms with Crippen LogP contribution < -0.4 is 5.73 Å². The van der Waals surface area contributed by atoms with E-state index in [2.05, 4.69) is 9.88 Å². The van der Waals surface area contributed by atoms with Crippen LogP contribution in [0.2, 0.25) is 5.02 Å². The lowest BCUT2D eigenvalue weighted by Crippen LogP contribution is -2.40. The van der Waals surface area contributed by atoms with E-state index in [4.69, 9.17) is 17.3 Å². The number of nitrogens with zero attached hydrogens (tertiary/aromatic N) is 2. The maximum absolute atomic E-state index is 6.21. The van der Waals surface area contributed by atoms with Crippen LogP contribution >= 0.6 is 11.6 Å². The third kappa shape index (κ3) is 3.09. The number of hydrogen-bond donors (Lipinski definition) is 1. The summed E-state index contributed by atoms with van der Waals surface area (Å²) in [6.07, 6.45) is 9.87. The van der Waals surface area contributed by atoms with Gasteiger partial charge in [0.15, 0.2) is 0 Å². The molecule has 0 aromatic carbocycles. The van der Waals surface area contributed by atoms with Crippen LogP contribution in [-0.4, -0.2) is 23.0 Å². The van der Waals surface area contributed by atoms with E-state index >= 15 is 0 Å². The molecule has 1 aliphatic carbocycles. The Hall–Kier alpha value is -0.800. The summed E-state index contributed by atoms with van der Waals surface area (Å²) in [5, 5.41) is 0.733. The average molecular weight is 294 g/mol. The smallest absolute Gasteiger partial charge is 0.123 e. The van der Waals surface area contributed by atoms with Gasteiger partial charge >= 0.3 is 0 Å². The number of likely N-dealkylation sites (tertiary alicyclic amines) is 1. The summed E-state index contributed by atoms with van der Waals surface area (Å²) in [5.74, 6) is 0.560. The lowest BCUT2D eigenvalue weighted by Gasteiger charge is -2.44. The molecule has 4 heteroatoms. The van der Waals surface area contributed by atoms with Crippen molar-refractivity contribution in [3.63, 3.8) is 0 Å². The molecule has 1 spiro atoms. The lowest BCUT2D eigenvalue weighted by molar-refractivity contribution is 0.0636. The van der Waals surface area contributed by atoms with E-state index in [-0.39, 0.29) is 0 Å². The summed E-state index contributed by atoms with van der Waals surface area (Å²) in [5.41, 5.74) is 7.33. The van der Waals surface area contributed by atoms with Crippen molar-refractivity contribution in [3.05, 3.63) is 22.8 Å². The Kier molecular flexibility index (Phi) is 4.18. The van der Waals surface area contributed by atoms with Crippen molar-refractivity contribution in [2.75, 3.05) is 18.8 Å². The first-order valence-corrected chi connectivity index (χ1v) is 8.18. The van der Waals surface area contributed by atoms with E-state index in [1.165, 1.54) is 58.0 Å². The quantitative estimate of drug-likeness (QED) is 0.900. The summed E-state index contributed by atoms with van der Waals surface area (Å²) in [7, 11) is 0. The van der Waals surface area contributed by atoms with Crippen molar-refractivity contribution in [2.45, 2.75) is 51.5 Å². The molecule has 0 unspecified atom stereocenters. The van der Waals surface area contributed by atoms with E-state index in [1.807, 2.05) is 6.07 Å². The van der Waals surface area contributed by atoms with Gasteiger partial charge in [-0.1, -0.05) is 30.9 Å². The number of pyridine rings is 1. The summed E-state index contributed by atoms with van der Waals surface area (Å²) >= 11 is 6.21. The molecule has 0 radical (unpaired) electrons. The van der Waals surface area contributed by atoms with E-state index in [0.29, 0.717) is 11.2 Å². The maximum Gasteiger partial charge on any atom is 0.123 e. The molecular weight excluding hydrogens is 270 g/mol. The zero-order chi connectivity index (χ0) is 14.0. The topological polar surface area (TPSA) is 42.1 Å². The first-order valence-electron chi connectivity index (χ1n) is 7.80. The van der Waals surface area contributed by atoms with Crippen molar-refractivity contribution in [2.24, 2.45) is 5.41 Å². The van der Waals surface area contributed by atoms with Crippen LogP contribution in [0.15, 0.2) is 12.1 Å². The van der Waals surface area contributed by atoms with E-state index in [9.17, 15) is 0 Å². The third-order valence-electron chi connectivity index (χ3n) is 5.14. The fourth-order valence-corrected chi connectivity index (χ4v) is 3.98. The molecule has 1 aromatic heterocycles. The van der Waals surface area contributed by atoms with Gasteiger partial charge in [-0.25, -0.2) is 4.98 Å². The first kappa shape index (κ1) is 14.2. The fourth-order valence-electron chi connectivity index (χ4n) is 3.81. The van der Waals surface area contributed by atoms with Crippen molar-refractivity contribution < 1.29 is 0 Å². The Balaban J connectivity index is 1.59. The van der Waals surface area contributed by atoms with Gasteiger partial charge in [0.05, 0.1) is 10.7 Å². The van der Waals surface area contributed by atoms with Crippen molar-refractivity contribution in [1.29, 1.82) is 0 Å². The Morgan fingerprint density at radius 3 is 2.50 bits per heavy atom. The van der Waals surface area contributed by atoms with Crippen LogP contribution in [0.3, 0.4) is 0 Å². The Bertz CT molecular complexity index is 459. The van der Waals surface area contributed by atoms with Gasteiger partial charge in [-0.2, -0.15) is 0 Å². The molecule has 2 N–H and O–H groups in total. The molecule has 2 aliphatic rings. The fraction of sp³-hybridized carbons (Fsp3) is 0.688. The summed E-state index contributed by atoms with van der Waals surface area (Å²) < 4.78 is 0. The average Bonchev–Trinajstić information content (AvgIpc) is 2.47. The molecule has 110 valence electrons. The highest BCUT2D eigenvalue weighted by Crippen LogP contribution is 2.44. The first-order chi connectivity index (χ1) is 9.67. The number of rotatable bonds is 2. The Morgan fingerprint density at radius 1 is 1.10 bits per heavy atom. The van der Waals surface area contributed by atoms with Crippen LogP contribution in [0.25, 0.3) is 0 Å². The van der Waals surface area contributed by atoms with E-state index in [0.717, 1.165) is 17.3 Å². The minimum atomic E-state index is 0.560. The highest BCUT2D eigenvalue weighted by molar-refractivity contribution is 6.31. The summed E-state index contributed by atoms with van der Waals surface area (Å²) in [4.78, 5) is 6.85. The van der Waals surface area contributed by atoms with Gasteiger partial charge in [-0.15, -0.1) is 0 Å². The van der Waals surface area contributed by atoms with Gasteiger partial charge in [0.25, 0.3) is 0 Å². The maximum atomic E-state index is 6.21. The van der Waals surface area contributed by atoms with Crippen LogP contribution in [0, 0.1) is 5.41 Å². The number of halogens is 1. The van der Waals surface area contributed by atoms with Crippen LogP contribution in [0.5, 0.6) is 0 Å². The van der Waals surface area contributed by atoms with E-state index in [1.54, 1.807) is 6.07 Å². The largest absolute Gasteiger partial charge is 0.384 e. The second kappa shape index (κ2) is 5.90. The molecule has 3 rings (SSSR count). The molecule has 0 amide bonds. The second-order valence-corrected chi connectivity index (χ2v) is 6.91. The third-order valence-corrected chi connectivity index (χ3v) is 5.49. The predicted octanol–water partition coefficient (Wildman–Crippen LogP) is 3.86. The minimum Gasteiger partial charge on any atom is -0.384 e. The van der Waals surface area contributed by atoms with Gasteiger partial charge in [-0.05, 0) is 56.3 Å². The molecule has 3 nitrogen and oxygen atoms in total. The summed E-state index contributed by atoms with van der Waals surface area (Å²) in [6, 6.07) is 3.62. The predicted molar refractivity (Wildman–Crippen MR) is 83.7 cm³/mol. The Labute approximate surface area is 126 Å². The SMILES string of the molecule is Nc1ccc(Cl)c(CN2CCC3(CCCCC3)CC2)n1. The monoisotopic (exact) mass is 293 g/mol. The lowest BCUT2D eigenvalue weighted by atomic mass is 9.68. The molecular formula is C16H24ClN3. The van der Waals surface area contributed by atoms with E-state index < -0.39 is 0 Å². The normalized spacial score (nSPS) is 23.1. The number of anilines is 1. The Morgan fingerprint density at radius 2 is 1.80 bits per heavy atom. The number of aromatic nitrogens is 1. The van der Waals surface area contributed by atoms with Crippen LogP contribution in [0.4, 0.5) is 5.82 Å². The molecule has 1 saturated heterocycles. The molecule has 20 heavy (non-hydrogen) atoms. The van der Waals surface area contributed by atoms with Gasteiger partial charge in [-0.3, -0.25) is 4.90 Å². The number of piperidine rings is 1. The van der Waals surface area contributed by atoms with Crippen molar-refractivity contribution in [1.82, 2.24) is 9.88 Å². The zero-order valence-electron chi connectivity index (χ0n) is 12.1. The second-order valence-electron chi connectivity index (χ2n) is 6.50. The highest BCUT2D eigenvalue weighted by Gasteiger charge is 2.35. The number of hydrogen-bond acceptors (Lipinski definition) is 3. The van der Waals surface area contributed by atoms with Gasteiger partial charge < -0.3 is 5.73 Å². The molecule has 1 aliphatic heterocycles. The zero-order valence-corrected chi connectivity index (χ0v) is 12.8. The van der Waals surface area contributed by atoms with Crippen LogP contribution in [0.1, 0.15) is 50.6 Å². The van der Waals surface area contributed by atoms with Crippen molar-refractivity contribution in [3.8, 4) is 0 Å². The number of nitrogens with two attached hydrogens (primary N) is 1. The van der Waals surface area contributed by atoms with Crippen LogP contribution in [-0.2, 0) is 6.54 Å². The molecule has 0 atom stereocenters. The summed E-state index contributed by atoms with van der Waals surface area (Å²) in [6.45, 7) is 3.18. The molecule has 2 fully saturated rings. The molecule has 1 aromatic rings. The highest BCUT2D eigenvalue weighted by atomic mass is 35.5. The van der Waals surface area contributed by atoms with Gasteiger partial charge in [0, 0.05) is 6.54 Å². The molecule has 1 saturated carbocycles. The van der Waals surface area contributed by atoms with Gasteiger partial charge in [0.1, 0.15) is 5.82 Å². The number of nitrogen functional groups attached to an aromatic ring is 1. The van der Waals surface area contributed by atoms with Gasteiger partial charge in [0.2, 0.25) is 0 Å². The standard InChI is InChI=1S/C16H24ClN3/c17-13-4-5-15(18)19-14(13)12-20-10-8-16(9-11-20)6-2-1-3-7-16/h4-5H,1-3,6-12H2,(H2,18,19). The molecule has 0 bridgehead atoms. The van der Waals surface area contributed by atoms with Crippen molar-refractivity contribution >= 4 is 17.4 Å².